The van der Waals surface area contributed by atoms with Gasteiger partial charge in [-0.25, -0.2) is 4.39 Å². The molecule has 1 heterocycles. The molecule has 4 nitrogen and oxygen atoms in total. The van der Waals surface area contributed by atoms with E-state index in [1.165, 1.54) is 12.1 Å². The summed E-state index contributed by atoms with van der Waals surface area (Å²) in [5.74, 6) is -0.977. The summed E-state index contributed by atoms with van der Waals surface area (Å²) in [4.78, 5) is 28.5. The van der Waals surface area contributed by atoms with E-state index in [1.807, 2.05) is 0 Å². The summed E-state index contributed by atoms with van der Waals surface area (Å²) in [6, 6.07) is 11.1. The van der Waals surface area contributed by atoms with Gasteiger partial charge in [0.25, 0.3) is 5.91 Å². The molecule has 3 rings (SSSR count). The number of hydrogen-bond donors (Lipinski definition) is 0. The summed E-state index contributed by atoms with van der Waals surface area (Å²) in [5, 5.41) is 0.920. The highest BCUT2D eigenvalue weighted by Crippen LogP contribution is 2.25. The van der Waals surface area contributed by atoms with Crippen molar-refractivity contribution in [2.75, 3.05) is 26.2 Å². The van der Waals surface area contributed by atoms with Crippen molar-refractivity contribution in [1.82, 2.24) is 9.80 Å². The standard InChI is InChI=1S/C20H19Cl2FN2O2/c21-16-6-3-7-17(22)15(16)13-19(26)24-9-4-10-25(12-11-24)20(27)14-5-1-2-8-18(14)23/h1-3,5-8H,4,9-13H2. The molecule has 2 amide bonds. The van der Waals surface area contributed by atoms with Gasteiger partial charge in [-0.15, -0.1) is 0 Å². The zero-order valence-corrected chi connectivity index (χ0v) is 16.1. The Morgan fingerprint density at radius 2 is 1.52 bits per heavy atom. The molecule has 0 bridgehead atoms. The summed E-state index contributed by atoms with van der Waals surface area (Å²) < 4.78 is 13.9. The van der Waals surface area contributed by atoms with Crippen LogP contribution in [0.15, 0.2) is 42.5 Å². The van der Waals surface area contributed by atoms with E-state index >= 15 is 0 Å². The average molecular weight is 409 g/mol. The maximum Gasteiger partial charge on any atom is 0.256 e. The molecule has 0 radical (unpaired) electrons. The zero-order chi connectivity index (χ0) is 19.4. The number of nitrogens with zero attached hydrogens (tertiary/aromatic N) is 2. The second kappa shape index (κ2) is 8.72. The predicted molar refractivity (Wildman–Crippen MR) is 104 cm³/mol. The van der Waals surface area contributed by atoms with Crippen molar-refractivity contribution >= 4 is 35.0 Å². The second-order valence-corrected chi connectivity index (χ2v) is 7.20. The lowest BCUT2D eigenvalue weighted by molar-refractivity contribution is -0.130. The number of amides is 2. The molecule has 2 aromatic rings. The molecule has 7 heteroatoms. The molecule has 27 heavy (non-hydrogen) atoms. The van der Waals surface area contributed by atoms with Gasteiger partial charge >= 0.3 is 0 Å². The number of halogens is 3. The van der Waals surface area contributed by atoms with Crippen LogP contribution in [0.2, 0.25) is 10.0 Å². The fourth-order valence-electron chi connectivity index (χ4n) is 3.14. The third-order valence-electron chi connectivity index (χ3n) is 4.63. The van der Waals surface area contributed by atoms with E-state index in [9.17, 15) is 14.0 Å². The van der Waals surface area contributed by atoms with Gasteiger partial charge in [0.1, 0.15) is 5.82 Å². The van der Waals surface area contributed by atoms with E-state index in [2.05, 4.69) is 0 Å². The third kappa shape index (κ3) is 4.60. The first kappa shape index (κ1) is 19.6. The van der Waals surface area contributed by atoms with Crippen molar-refractivity contribution in [3.8, 4) is 0 Å². The summed E-state index contributed by atoms with van der Waals surface area (Å²) in [7, 11) is 0. The van der Waals surface area contributed by atoms with Crippen LogP contribution in [0.3, 0.4) is 0 Å². The minimum atomic E-state index is -0.534. The van der Waals surface area contributed by atoms with Crippen LogP contribution in [0, 0.1) is 5.82 Å². The lowest BCUT2D eigenvalue weighted by atomic mass is 10.1. The number of carbonyl (C=O) groups excluding carboxylic acids is 2. The topological polar surface area (TPSA) is 40.6 Å². The van der Waals surface area contributed by atoms with Crippen LogP contribution in [0.25, 0.3) is 0 Å². The highest BCUT2D eigenvalue weighted by molar-refractivity contribution is 6.36. The molecule has 2 aromatic carbocycles. The van der Waals surface area contributed by atoms with Crippen LogP contribution >= 0.6 is 23.2 Å². The van der Waals surface area contributed by atoms with Crippen molar-refractivity contribution in [3.63, 3.8) is 0 Å². The van der Waals surface area contributed by atoms with Gasteiger partial charge in [-0.3, -0.25) is 9.59 Å². The van der Waals surface area contributed by atoms with Gasteiger partial charge in [-0.1, -0.05) is 41.4 Å². The Hall–Kier alpha value is -2.11. The molecule has 0 saturated carbocycles. The first-order valence-electron chi connectivity index (χ1n) is 8.72. The van der Waals surface area contributed by atoms with Crippen molar-refractivity contribution in [2.45, 2.75) is 12.8 Å². The normalized spacial score (nSPS) is 14.8. The molecule has 0 atom stereocenters. The molecular weight excluding hydrogens is 390 g/mol. The Morgan fingerprint density at radius 1 is 0.889 bits per heavy atom. The lowest BCUT2D eigenvalue weighted by Crippen LogP contribution is -2.38. The van der Waals surface area contributed by atoms with Gasteiger partial charge in [0, 0.05) is 36.2 Å². The second-order valence-electron chi connectivity index (χ2n) is 6.38. The van der Waals surface area contributed by atoms with Crippen LogP contribution in [0.4, 0.5) is 4.39 Å². The molecule has 142 valence electrons. The first-order valence-corrected chi connectivity index (χ1v) is 9.47. The van der Waals surface area contributed by atoms with Gasteiger partial charge < -0.3 is 9.80 Å². The van der Waals surface area contributed by atoms with Crippen molar-refractivity contribution in [1.29, 1.82) is 0 Å². The van der Waals surface area contributed by atoms with Gasteiger partial charge in [-0.05, 0) is 36.2 Å². The number of hydrogen-bond acceptors (Lipinski definition) is 2. The Bertz CT molecular complexity index is 839. The minimum Gasteiger partial charge on any atom is -0.341 e. The van der Waals surface area contributed by atoms with Gasteiger partial charge in [0.2, 0.25) is 5.91 Å². The van der Waals surface area contributed by atoms with Crippen LogP contribution in [0.1, 0.15) is 22.3 Å². The summed E-state index contributed by atoms with van der Waals surface area (Å²) >= 11 is 12.3. The maximum absolute atomic E-state index is 13.9. The van der Waals surface area contributed by atoms with Crippen molar-refractivity contribution in [3.05, 3.63) is 69.5 Å². The van der Waals surface area contributed by atoms with Gasteiger partial charge in [0.15, 0.2) is 0 Å². The van der Waals surface area contributed by atoms with E-state index in [4.69, 9.17) is 23.2 Å². The van der Waals surface area contributed by atoms with E-state index in [0.29, 0.717) is 48.2 Å². The van der Waals surface area contributed by atoms with Gasteiger partial charge in [-0.2, -0.15) is 0 Å². The smallest absolute Gasteiger partial charge is 0.256 e. The predicted octanol–water partition coefficient (Wildman–Crippen LogP) is 4.05. The molecule has 0 N–H and O–H groups in total. The summed E-state index contributed by atoms with van der Waals surface area (Å²) in [6.07, 6.45) is 0.738. The fourth-order valence-corrected chi connectivity index (χ4v) is 3.67. The molecular formula is C20H19Cl2FN2O2. The highest BCUT2D eigenvalue weighted by atomic mass is 35.5. The van der Waals surface area contributed by atoms with E-state index in [-0.39, 0.29) is 23.8 Å². The van der Waals surface area contributed by atoms with Crippen molar-refractivity contribution in [2.24, 2.45) is 0 Å². The summed E-state index contributed by atoms with van der Waals surface area (Å²) in [6.45, 7) is 1.75. The molecule has 1 fully saturated rings. The Kier molecular flexibility index (Phi) is 6.34. The van der Waals surface area contributed by atoms with E-state index in [0.717, 1.165) is 0 Å². The average Bonchev–Trinajstić information content (AvgIpc) is 2.91. The largest absolute Gasteiger partial charge is 0.341 e. The molecule has 1 aliphatic heterocycles. The summed E-state index contributed by atoms with van der Waals surface area (Å²) in [5.41, 5.74) is 0.662. The van der Waals surface area contributed by atoms with E-state index < -0.39 is 5.82 Å². The number of rotatable bonds is 3. The van der Waals surface area contributed by atoms with E-state index in [1.54, 1.807) is 40.1 Å². The fraction of sp³-hybridized carbons (Fsp3) is 0.300. The maximum atomic E-state index is 13.9. The monoisotopic (exact) mass is 408 g/mol. The quantitative estimate of drug-likeness (QED) is 0.768. The highest BCUT2D eigenvalue weighted by Gasteiger charge is 2.25. The lowest BCUT2D eigenvalue weighted by Gasteiger charge is -2.23. The molecule has 0 spiro atoms. The van der Waals surface area contributed by atoms with Gasteiger partial charge in [0.05, 0.1) is 12.0 Å². The van der Waals surface area contributed by atoms with Crippen LogP contribution in [-0.4, -0.2) is 47.8 Å². The zero-order valence-electron chi connectivity index (χ0n) is 14.6. The minimum absolute atomic E-state index is 0.0557. The molecule has 0 aromatic heterocycles. The Labute approximate surface area is 167 Å². The molecule has 1 saturated heterocycles. The first-order chi connectivity index (χ1) is 13.0. The van der Waals surface area contributed by atoms with Crippen LogP contribution in [0.5, 0.6) is 0 Å². The number of carbonyl (C=O) groups is 2. The van der Waals surface area contributed by atoms with Crippen LogP contribution in [-0.2, 0) is 11.2 Å². The van der Waals surface area contributed by atoms with Crippen molar-refractivity contribution < 1.29 is 14.0 Å². The molecule has 0 unspecified atom stereocenters. The van der Waals surface area contributed by atoms with Crippen LogP contribution < -0.4 is 0 Å². The third-order valence-corrected chi connectivity index (χ3v) is 5.34. The molecule has 1 aliphatic rings. The SMILES string of the molecule is O=C(Cc1c(Cl)cccc1Cl)N1CCCN(C(=O)c2ccccc2F)CC1. The Morgan fingerprint density at radius 3 is 2.22 bits per heavy atom. The Balaban J connectivity index is 1.65. The number of benzene rings is 2. The molecule has 0 aliphatic carbocycles.